The van der Waals surface area contributed by atoms with E-state index in [1.807, 2.05) is 18.2 Å². The molecule has 0 saturated heterocycles. The summed E-state index contributed by atoms with van der Waals surface area (Å²) in [7, 11) is 1.66. The monoisotopic (exact) mass is 444 g/mol. The maximum absolute atomic E-state index is 13.8. The lowest BCUT2D eigenvalue weighted by Crippen LogP contribution is -2.24. The first-order valence-corrected chi connectivity index (χ1v) is 11.3. The number of nitrogens with one attached hydrogen (secondary N) is 1. The van der Waals surface area contributed by atoms with Crippen LogP contribution in [0.25, 0.3) is 31.7 Å². The molecule has 0 unspecified atom stereocenters. The molecule has 1 aliphatic rings. The van der Waals surface area contributed by atoms with Crippen LogP contribution in [0.3, 0.4) is 0 Å². The predicted octanol–water partition coefficient (Wildman–Crippen LogP) is 4.64. The van der Waals surface area contributed by atoms with Crippen LogP contribution in [0.5, 0.6) is 11.5 Å². The highest BCUT2D eigenvalue weighted by molar-refractivity contribution is 7.25. The van der Waals surface area contributed by atoms with E-state index in [0.717, 1.165) is 40.7 Å². The molecular formula is C24H20N4O3S. The van der Waals surface area contributed by atoms with Gasteiger partial charge in [0.05, 0.1) is 29.9 Å². The Labute approximate surface area is 186 Å². The summed E-state index contributed by atoms with van der Waals surface area (Å²) in [4.78, 5) is 19.5. The van der Waals surface area contributed by atoms with E-state index in [1.54, 1.807) is 36.2 Å². The van der Waals surface area contributed by atoms with Gasteiger partial charge in [0.1, 0.15) is 22.2 Å². The fourth-order valence-corrected chi connectivity index (χ4v) is 5.34. The molecule has 3 heterocycles. The van der Waals surface area contributed by atoms with Gasteiger partial charge in [0.2, 0.25) is 0 Å². The number of thiophene rings is 1. The zero-order chi connectivity index (χ0) is 21.8. The molecule has 1 fully saturated rings. The van der Waals surface area contributed by atoms with E-state index in [1.165, 1.54) is 11.3 Å². The Balaban J connectivity index is 1.68. The van der Waals surface area contributed by atoms with Crippen LogP contribution in [0.4, 0.5) is 0 Å². The summed E-state index contributed by atoms with van der Waals surface area (Å²) in [5, 5.41) is 18.5. The number of aromatic hydroxyl groups is 1. The third-order valence-electron chi connectivity index (χ3n) is 6.01. The predicted molar refractivity (Wildman–Crippen MR) is 125 cm³/mol. The molecule has 0 atom stereocenters. The largest absolute Gasteiger partial charge is 0.506 e. The summed E-state index contributed by atoms with van der Waals surface area (Å²) in [5.41, 5.74) is 2.86. The summed E-state index contributed by atoms with van der Waals surface area (Å²) in [6.07, 6.45) is 5.73. The molecule has 0 amide bonds. The van der Waals surface area contributed by atoms with Crippen LogP contribution in [0.1, 0.15) is 29.9 Å². The molecule has 160 valence electrons. The summed E-state index contributed by atoms with van der Waals surface area (Å²) < 4.78 is 7.86. The Bertz CT molecular complexity index is 1530. The quantitative estimate of drug-likeness (QED) is 0.412. The van der Waals surface area contributed by atoms with Gasteiger partial charge in [-0.05, 0) is 48.6 Å². The summed E-state index contributed by atoms with van der Waals surface area (Å²) in [5.74, 6) is 2.03. The van der Waals surface area contributed by atoms with E-state index in [0.29, 0.717) is 33.2 Å². The highest BCUT2D eigenvalue weighted by atomic mass is 32.1. The molecule has 0 aliphatic heterocycles. The number of benzene rings is 2. The normalized spacial score (nSPS) is 13.8. The van der Waals surface area contributed by atoms with Gasteiger partial charge in [0, 0.05) is 22.7 Å². The Morgan fingerprint density at radius 1 is 1.28 bits per heavy atom. The lowest BCUT2D eigenvalue weighted by Gasteiger charge is -2.16. The number of aromatic amines is 1. The topological polar surface area (TPSA) is 93.0 Å². The van der Waals surface area contributed by atoms with Crippen molar-refractivity contribution in [3.05, 3.63) is 70.3 Å². The standard InChI is InChI=1S/C24H20N4O3S/c1-31-15-7-8-16(18(9-15)14-5-6-14)22-27-23-20(17-3-2-4-19(29)21(17)32-23)24(30)28(22)12-13-10-25-26-11-13/h2-4,7-11,14,29H,5-6,12H2,1H3,(H,25,26). The van der Waals surface area contributed by atoms with E-state index in [2.05, 4.69) is 16.3 Å². The minimum absolute atomic E-state index is 0.124. The number of hydrogen-bond acceptors (Lipinski definition) is 6. The molecule has 8 heteroatoms. The second-order valence-electron chi connectivity index (χ2n) is 8.10. The van der Waals surface area contributed by atoms with Crippen LogP contribution in [-0.2, 0) is 6.54 Å². The number of rotatable bonds is 5. The summed E-state index contributed by atoms with van der Waals surface area (Å²) >= 11 is 1.35. The molecule has 6 rings (SSSR count). The van der Waals surface area contributed by atoms with Gasteiger partial charge in [-0.3, -0.25) is 14.5 Å². The maximum atomic E-state index is 13.8. The minimum atomic E-state index is -0.124. The Hall–Kier alpha value is -3.65. The molecule has 1 saturated carbocycles. The number of H-pyrrole nitrogens is 1. The zero-order valence-corrected chi connectivity index (χ0v) is 18.1. The fourth-order valence-electron chi connectivity index (χ4n) is 4.27. The van der Waals surface area contributed by atoms with Gasteiger partial charge in [-0.15, -0.1) is 11.3 Å². The van der Waals surface area contributed by atoms with Gasteiger partial charge in [-0.1, -0.05) is 12.1 Å². The summed E-state index contributed by atoms with van der Waals surface area (Å²) in [6, 6.07) is 11.2. The van der Waals surface area contributed by atoms with Gasteiger partial charge in [0.15, 0.2) is 0 Å². The van der Waals surface area contributed by atoms with Crippen molar-refractivity contribution in [2.75, 3.05) is 7.11 Å². The molecule has 0 bridgehead atoms. The highest BCUT2D eigenvalue weighted by Crippen LogP contribution is 2.46. The molecule has 0 spiro atoms. The van der Waals surface area contributed by atoms with E-state index >= 15 is 0 Å². The number of methoxy groups -OCH3 is 1. The number of hydrogen-bond donors (Lipinski definition) is 2. The van der Waals surface area contributed by atoms with Gasteiger partial charge < -0.3 is 9.84 Å². The zero-order valence-electron chi connectivity index (χ0n) is 17.3. The highest BCUT2D eigenvalue weighted by Gasteiger charge is 2.29. The Morgan fingerprint density at radius 2 is 2.16 bits per heavy atom. The van der Waals surface area contributed by atoms with Crippen LogP contribution >= 0.6 is 11.3 Å². The molecule has 2 N–H and O–H groups in total. The van der Waals surface area contributed by atoms with Crippen molar-refractivity contribution in [1.82, 2.24) is 19.7 Å². The second kappa shape index (κ2) is 7.20. The number of phenolic OH excluding ortho intramolecular Hbond substituents is 1. The third-order valence-corrected chi connectivity index (χ3v) is 7.13. The number of ether oxygens (including phenoxy) is 1. The number of nitrogens with zero attached hydrogens (tertiary/aromatic N) is 3. The van der Waals surface area contributed by atoms with Gasteiger partial charge in [0.25, 0.3) is 5.56 Å². The van der Waals surface area contributed by atoms with Crippen molar-refractivity contribution < 1.29 is 9.84 Å². The number of aromatic nitrogens is 4. The SMILES string of the molecule is COc1ccc(-c2nc3sc4c(O)cccc4c3c(=O)n2Cc2cn[nH]c2)c(C2CC2)c1. The van der Waals surface area contributed by atoms with Crippen LogP contribution in [0.15, 0.2) is 53.6 Å². The van der Waals surface area contributed by atoms with E-state index < -0.39 is 0 Å². The van der Waals surface area contributed by atoms with Crippen LogP contribution in [-0.4, -0.2) is 32.0 Å². The van der Waals surface area contributed by atoms with E-state index in [9.17, 15) is 9.90 Å². The smallest absolute Gasteiger partial charge is 0.263 e. The fraction of sp³-hybridized carbons (Fsp3) is 0.208. The molecule has 1 aliphatic carbocycles. The van der Waals surface area contributed by atoms with Crippen molar-refractivity contribution in [2.45, 2.75) is 25.3 Å². The molecule has 5 aromatic rings. The molecular weight excluding hydrogens is 424 g/mol. The van der Waals surface area contributed by atoms with E-state index in [-0.39, 0.29) is 11.3 Å². The summed E-state index contributed by atoms with van der Waals surface area (Å²) in [6.45, 7) is 0.347. The third kappa shape index (κ3) is 2.98. The molecule has 3 aromatic heterocycles. The first-order valence-electron chi connectivity index (χ1n) is 10.4. The first kappa shape index (κ1) is 19.1. The van der Waals surface area contributed by atoms with Crippen molar-refractivity contribution in [1.29, 1.82) is 0 Å². The van der Waals surface area contributed by atoms with Crippen molar-refractivity contribution in [2.24, 2.45) is 0 Å². The van der Waals surface area contributed by atoms with Gasteiger partial charge >= 0.3 is 0 Å². The van der Waals surface area contributed by atoms with Crippen LogP contribution in [0.2, 0.25) is 0 Å². The molecule has 32 heavy (non-hydrogen) atoms. The van der Waals surface area contributed by atoms with Crippen molar-refractivity contribution in [3.8, 4) is 22.9 Å². The van der Waals surface area contributed by atoms with Crippen LogP contribution in [0, 0.1) is 0 Å². The van der Waals surface area contributed by atoms with Gasteiger partial charge in [-0.25, -0.2) is 4.98 Å². The van der Waals surface area contributed by atoms with Crippen LogP contribution < -0.4 is 10.3 Å². The van der Waals surface area contributed by atoms with Gasteiger partial charge in [-0.2, -0.15) is 5.10 Å². The minimum Gasteiger partial charge on any atom is -0.506 e. The Morgan fingerprint density at radius 3 is 2.91 bits per heavy atom. The number of phenols is 1. The lowest BCUT2D eigenvalue weighted by molar-refractivity contribution is 0.414. The number of fused-ring (bicyclic) bond motifs is 3. The average Bonchev–Trinajstić information content (AvgIpc) is 3.38. The Kier molecular flexibility index (Phi) is 4.29. The second-order valence-corrected chi connectivity index (χ2v) is 9.10. The average molecular weight is 445 g/mol. The lowest BCUT2D eigenvalue weighted by atomic mass is 10.0. The van der Waals surface area contributed by atoms with E-state index in [4.69, 9.17) is 9.72 Å². The molecule has 0 radical (unpaired) electrons. The molecule has 2 aromatic carbocycles. The first-order chi connectivity index (χ1) is 15.6. The van der Waals surface area contributed by atoms with Crippen molar-refractivity contribution in [3.63, 3.8) is 0 Å². The van der Waals surface area contributed by atoms with Crippen molar-refractivity contribution >= 4 is 31.6 Å². The molecule has 7 nitrogen and oxygen atoms in total. The maximum Gasteiger partial charge on any atom is 0.263 e.